The summed E-state index contributed by atoms with van der Waals surface area (Å²) in [5.74, 6) is 1.18. The molecule has 1 amide bonds. The number of amides is 1. The molecule has 2 aliphatic rings. The normalized spacial score (nSPS) is 19.0. The summed E-state index contributed by atoms with van der Waals surface area (Å²) < 4.78 is 5.43. The van der Waals surface area contributed by atoms with Crippen molar-refractivity contribution >= 4 is 5.91 Å². The van der Waals surface area contributed by atoms with E-state index in [1.54, 1.807) is 6.92 Å². The zero-order valence-electron chi connectivity index (χ0n) is 15.0. The van der Waals surface area contributed by atoms with Gasteiger partial charge in [0.1, 0.15) is 5.76 Å². The molecule has 2 heterocycles. The number of hydrogen-bond acceptors (Lipinski definition) is 4. The quantitative estimate of drug-likeness (QED) is 0.844. The summed E-state index contributed by atoms with van der Waals surface area (Å²) in [7, 11) is 0. The molecule has 0 saturated carbocycles. The van der Waals surface area contributed by atoms with Crippen molar-refractivity contribution in [3.63, 3.8) is 0 Å². The number of hydrogen-bond donors (Lipinski definition) is 0. The summed E-state index contributed by atoms with van der Waals surface area (Å²) in [5.41, 5.74) is 3.44. The average molecular weight is 339 g/mol. The minimum Gasteiger partial charge on any atom is -0.445 e. The van der Waals surface area contributed by atoms with Crippen molar-refractivity contribution in [1.82, 2.24) is 14.8 Å². The van der Waals surface area contributed by atoms with Crippen LogP contribution in [0.1, 0.15) is 39.7 Å². The molecule has 4 rings (SSSR count). The van der Waals surface area contributed by atoms with Crippen LogP contribution in [0.15, 0.2) is 28.7 Å². The maximum atomic E-state index is 12.8. The van der Waals surface area contributed by atoms with Gasteiger partial charge in [-0.3, -0.25) is 9.69 Å². The second-order valence-corrected chi connectivity index (χ2v) is 7.15. The van der Waals surface area contributed by atoms with Crippen molar-refractivity contribution in [2.24, 2.45) is 0 Å². The molecule has 132 valence electrons. The van der Waals surface area contributed by atoms with Crippen LogP contribution in [-0.2, 0) is 12.8 Å². The average Bonchev–Trinajstić information content (AvgIpc) is 3.08. The van der Waals surface area contributed by atoms with Gasteiger partial charge in [0.15, 0.2) is 11.6 Å². The van der Waals surface area contributed by atoms with E-state index in [1.807, 2.05) is 11.8 Å². The third kappa shape index (κ3) is 3.21. The van der Waals surface area contributed by atoms with Crippen molar-refractivity contribution in [2.45, 2.75) is 39.2 Å². The van der Waals surface area contributed by atoms with Crippen molar-refractivity contribution in [2.75, 3.05) is 26.2 Å². The van der Waals surface area contributed by atoms with Crippen molar-refractivity contribution in [3.05, 3.63) is 52.7 Å². The van der Waals surface area contributed by atoms with E-state index in [0.717, 1.165) is 45.4 Å². The Kier molecular flexibility index (Phi) is 4.34. The van der Waals surface area contributed by atoms with E-state index in [4.69, 9.17) is 4.42 Å². The molecule has 1 aromatic heterocycles. The van der Waals surface area contributed by atoms with E-state index in [9.17, 15) is 4.79 Å². The molecule has 5 nitrogen and oxygen atoms in total. The molecule has 2 aromatic rings. The van der Waals surface area contributed by atoms with Gasteiger partial charge >= 0.3 is 0 Å². The first-order valence-corrected chi connectivity index (χ1v) is 9.16. The number of aryl methyl sites for hydroxylation is 2. The highest BCUT2D eigenvalue weighted by Crippen LogP contribution is 2.26. The van der Waals surface area contributed by atoms with Crippen molar-refractivity contribution in [3.8, 4) is 0 Å². The van der Waals surface area contributed by atoms with Gasteiger partial charge in [-0.15, -0.1) is 0 Å². The van der Waals surface area contributed by atoms with Gasteiger partial charge in [0.05, 0.1) is 0 Å². The van der Waals surface area contributed by atoms with Crippen LogP contribution in [0.4, 0.5) is 0 Å². The van der Waals surface area contributed by atoms with Crippen LogP contribution in [-0.4, -0.2) is 52.9 Å². The first kappa shape index (κ1) is 16.3. The highest BCUT2D eigenvalue weighted by molar-refractivity contribution is 5.93. The number of carbonyl (C=O) groups excluding carboxylic acids is 1. The number of oxazole rings is 1. The smallest absolute Gasteiger partial charge is 0.276 e. The largest absolute Gasteiger partial charge is 0.445 e. The Morgan fingerprint density at radius 2 is 1.80 bits per heavy atom. The first-order valence-electron chi connectivity index (χ1n) is 9.16. The Balaban J connectivity index is 1.41. The minimum absolute atomic E-state index is 0.00547. The summed E-state index contributed by atoms with van der Waals surface area (Å²) in [6.07, 6.45) is 3.27. The summed E-state index contributed by atoms with van der Waals surface area (Å²) in [4.78, 5) is 21.5. The molecule has 1 aliphatic heterocycles. The van der Waals surface area contributed by atoms with Gasteiger partial charge in [-0.05, 0) is 37.3 Å². The standard InChI is InChI=1S/C20H25N3O2/c1-14-19(21-15(2)25-14)20(24)23-9-5-8-22(10-11-23)18-12-16-6-3-4-7-17(16)13-18/h3-4,6-7,18H,5,8-13H2,1-2H3. The molecule has 1 aliphatic carbocycles. The fraction of sp³-hybridized carbons (Fsp3) is 0.500. The van der Waals surface area contributed by atoms with Crippen molar-refractivity contribution < 1.29 is 9.21 Å². The lowest BCUT2D eigenvalue weighted by Crippen LogP contribution is -2.40. The third-order valence-electron chi connectivity index (χ3n) is 5.47. The Morgan fingerprint density at radius 1 is 1.08 bits per heavy atom. The monoisotopic (exact) mass is 339 g/mol. The van der Waals surface area contributed by atoms with Crippen LogP contribution in [0, 0.1) is 13.8 Å². The van der Waals surface area contributed by atoms with Crippen molar-refractivity contribution in [1.29, 1.82) is 0 Å². The Bertz CT molecular complexity index is 758. The summed E-state index contributed by atoms with van der Waals surface area (Å²) in [5, 5.41) is 0. The van der Waals surface area contributed by atoms with E-state index in [-0.39, 0.29) is 5.91 Å². The summed E-state index contributed by atoms with van der Waals surface area (Å²) in [6, 6.07) is 9.33. The van der Waals surface area contributed by atoms with Crippen LogP contribution in [0.5, 0.6) is 0 Å². The van der Waals surface area contributed by atoms with E-state index >= 15 is 0 Å². The number of aromatic nitrogens is 1. The number of fused-ring (bicyclic) bond motifs is 1. The van der Waals surface area contributed by atoms with Crippen LogP contribution >= 0.6 is 0 Å². The number of benzene rings is 1. The molecule has 0 bridgehead atoms. The molecular formula is C20H25N3O2. The molecule has 1 aromatic carbocycles. The lowest BCUT2D eigenvalue weighted by Gasteiger charge is -2.27. The molecule has 5 heteroatoms. The maximum Gasteiger partial charge on any atom is 0.276 e. The summed E-state index contributed by atoms with van der Waals surface area (Å²) in [6.45, 7) is 7.13. The van der Waals surface area contributed by atoms with Gasteiger partial charge in [0.25, 0.3) is 5.91 Å². The van der Waals surface area contributed by atoms with Gasteiger partial charge in [-0.2, -0.15) is 0 Å². The lowest BCUT2D eigenvalue weighted by atomic mass is 10.1. The van der Waals surface area contributed by atoms with Gasteiger partial charge in [0, 0.05) is 39.1 Å². The molecule has 25 heavy (non-hydrogen) atoms. The molecule has 0 unspecified atom stereocenters. The van der Waals surface area contributed by atoms with E-state index < -0.39 is 0 Å². The Hall–Kier alpha value is -2.14. The predicted octanol–water partition coefficient (Wildman–Crippen LogP) is 2.61. The van der Waals surface area contributed by atoms with Gasteiger partial charge in [0.2, 0.25) is 0 Å². The van der Waals surface area contributed by atoms with Gasteiger partial charge in [-0.25, -0.2) is 4.98 Å². The Morgan fingerprint density at radius 3 is 2.44 bits per heavy atom. The second kappa shape index (κ2) is 6.64. The fourth-order valence-electron chi connectivity index (χ4n) is 4.18. The number of rotatable bonds is 2. The topological polar surface area (TPSA) is 49.6 Å². The van der Waals surface area contributed by atoms with Crippen LogP contribution in [0.25, 0.3) is 0 Å². The molecule has 0 radical (unpaired) electrons. The molecule has 1 fully saturated rings. The molecule has 1 saturated heterocycles. The first-order chi connectivity index (χ1) is 12.1. The Labute approximate surface area is 148 Å². The van der Waals surface area contributed by atoms with E-state index in [1.165, 1.54) is 11.1 Å². The fourth-order valence-corrected chi connectivity index (χ4v) is 4.18. The van der Waals surface area contributed by atoms with Gasteiger partial charge < -0.3 is 9.32 Å². The third-order valence-corrected chi connectivity index (χ3v) is 5.47. The van der Waals surface area contributed by atoms with Gasteiger partial charge in [-0.1, -0.05) is 24.3 Å². The predicted molar refractivity (Wildman–Crippen MR) is 95.7 cm³/mol. The molecule has 0 spiro atoms. The highest BCUT2D eigenvalue weighted by atomic mass is 16.4. The lowest BCUT2D eigenvalue weighted by molar-refractivity contribution is 0.0751. The number of nitrogens with zero attached hydrogens (tertiary/aromatic N) is 3. The molecular weight excluding hydrogens is 314 g/mol. The van der Waals surface area contributed by atoms with Crippen LogP contribution in [0.2, 0.25) is 0 Å². The zero-order valence-corrected chi connectivity index (χ0v) is 15.0. The number of carbonyl (C=O) groups is 1. The maximum absolute atomic E-state index is 12.8. The molecule has 0 N–H and O–H groups in total. The second-order valence-electron chi connectivity index (χ2n) is 7.15. The zero-order chi connectivity index (χ0) is 17.4. The SMILES string of the molecule is Cc1nc(C(=O)N2CCCN(C3Cc4ccccc4C3)CC2)c(C)o1. The highest BCUT2D eigenvalue weighted by Gasteiger charge is 2.30. The minimum atomic E-state index is 0.00547. The van der Waals surface area contributed by atoms with Crippen LogP contribution < -0.4 is 0 Å². The van der Waals surface area contributed by atoms with E-state index in [2.05, 4.69) is 34.1 Å². The van der Waals surface area contributed by atoms with E-state index in [0.29, 0.717) is 23.4 Å². The van der Waals surface area contributed by atoms with Crippen LogP contribution in [0.3, 0.4) is 0 Å². The summed E-state index contributed by atoms with van der Waals surface area (Å²) >= 11 is 0. The molecule has 0 atom stereocenters.